The van der Waals surface area contributed by atoms with E-state index >= 15 is 0 Å². The highest BCUT2D eigenvalue weighted by Gasteiger charge is 2.21. The number of H-pyrrole nitrogens is 1. The molecule has 0 amide bonds. The van der Waals surface area contributed by atoms with Crippen molar-refractivity contribution >= 4 is 35.2 Å². The van der Waals surface area contributed by atoms with Crippen LogP contribution >= 0.6 is 11.6 Å². The lowest BCUT2D eigenvalue weighted by Crippen LogP contribution is -2.17. The fourth-order valence-electron chi connectivity index (χ4n) is 3.12. The Morgan fingerprint density at radius 1 is 1.28 bits per heavy atom. The Hall–Kier alpha value is -3.39. The Morgan fingerprint density at radius 2 is 2.07 bits per heavy atom. The van der Waals surface area contributed by atoms with Crippen LogP contribution in [0.3, 0.4) is 0 Å². The van der Waals surface area contributed by atoms with Crippen molar-refractivity contribution in [2.45, 2.75) is 6.54 Å². The highest BCUT2D eigenvalue weighted by atomic mass is 35.5. The number of aromatic nitrogens is 2. The largest absolute Gasteiger partial charge is 0.493 e. The molecule has 9 heteroatoms. The fourth-order valence-corrected chi connectivity index (χ4v) is 3.35. The molecule has 0 bridgehead atoms. The van der Waals surface area contributed by atoms with Crippen LogP contribution in [0.5, 0.6) is 11.6 Å². The molecule has 2 N–H and O–H groups in total. The quantitative estimate of drug-likeness (QED) is 0.670. The number of hydrogen-bond acceptors (Lipinski definition) is 4. The summed E-state index contributed by atoms with van der Waals surface area (Å²) in [4.78, 5) is 19.1. The van der Waals surface area contributed by atoms with Gasteiger partial charge in [-0.25, -0.2) is 13.6 Å². The average molecular weight is 418 g/mol. The van der Waals surface area contributed by atoms with Crippen LogP contribution in [0.1, 0.15) is 16.8 Å². The number of halogens is 3. The summed E-state index contributed by atoms with van der Waals surface area (Å²) in [5.41, 5.74) is 1.79. The highest BCUT2D eigenvalue weighted by molar-refractivity contribution is 6.33. The van der Waals surface area contributed by atoms with Crippen molar-refractivity contribution in [3.63, 3.8) is 0 Å². The number of aromatic amines is 1. The number of nitrogens with one attached hydrogen (secondary N) is 1. The summed E-state index contributed by atoms with van der Waals surface area (Å²) >= 11 is 6.10. The summed E-state index contributed by atoms with van der Waals surface area (Å²) in [6, 6.07) is 6.70. The van der Waals surface area contributed by atoms with E-state index in [1.165, 1.54) is 13.2 Å². The van der Waals surface area contributed by atoms with Crippen molar-refractivity contribution in [2.75, 3.05) is 7.11 Å². The number of imidazole rings is 1. The zero-order valence-corrected chi connectivity index (χ0v) is 15.8. The number of rotatable bonds is 4. The molecule has 0 saturated heterocycles. The first-order valence-electron chi connectivity index (χ1n) is 8.47. The molecular formula is C20H14ClF2N3O3. The summed E-state index contributed by atoms with van der Waals surface area (Å²) in [5, 5.41) is 10.9. The first-order chi connectivity index (χ1) is 13.9. The Balaban J connectivity index is 1.71. The third-order valence-corrected chi connectivity index (χ3v) is 4.84. The lowest BCUT2D eigenvalue weighted by molar-refractivity contribution is 0.416. The SMILES string of the molecule is COc1c(Cl)ccc2c1N=C/C2=C\c1[nH]c(=O)n(Cc2ccc(F)c(F)c2)c1O. The van der Waals surface area contributed by atoms with Gasteiger partial charge in [-0.15, -0.1) is 0 Å². The summed E-state index contributed by atoms with van der Waals surface area (Å²) in [7, 11) is 1.49. The smallest absolute Gasteiger partial charge is 0.329 e. The average Bonchev–Trinajstić information content (AvgIpc) is 3.21. The van der Waals surface area contributed by atoms with E-state index in [9.17, 15) is 18.7 Å². The number of hydrogen-bond donors (Lipinski definition) is 2. The molecule has 0 aliphatic carbocycles. The van der Waals surface area contributed by atoms with E-state index in [4.69, 9.17) is 16.3 Å². The number of nitrogens with zero attached hydrogens (tertiary/aromatic N) is 2. The Bertz CT molecular complexity index is 1240. The van der Waals surface area contributed by atoms with Gasteiger partial charge in [-0.3, -0.25) is 9.56 Å². The minimum Gasteiger partial charge on any atom is -0.493 e. The van der Waals surface area contributed by atoms with E-state index in [1.54, 1.807) is 24.4 Å². The first kappa shape index (κ1) is 18.9. The summed E-state index contributed by atoms with van der Waals surface area (Å²) < 4.78 is 32.8. The maximum atomic E-state index is 13.4. The second-order valence-electron chi connectivity index (χ2n) is 6.34. The van der Waals surface area contributed by atoms with Gasteiger partial charge in [-0.1, -0.05) is 23.7 Å². The molecule has 6 nitrogen and oxygen atoms in total. The van der Waals surface area contributed by atoms with Gasteiger partial charge in [0.15, 0.2) is 17.4 Å². The lowest BCUT2D eigenvalue weighted by Gasteiger charge is -2.07. The van der Waals surface area contributed by atoms with E-state index in [0.29, 0.717) is 27.6 Å². The number of methoxy groups -OCH3 is 1. The normalized spacial score (nSPS) is 13.9. The molecule has 0 atom stereocenters. The Kier molecular flexibility index (Phi) is 4.71. The molecule has 3 aromatic rings. The van der Waals surface area contributed by atoms with Crippen molar-refractivity contribution in [3.05, 3.63) is 74.3 Å². The zero-order chi connectivity index (χ0) is 20.7. The third kappa shape index (κ3) is 3.31. The Morgan fingerprint density at radius 3 is 2.79 bits per heavy atom. The van der Waals surface area contributed by atoms with Crippen LogP contribution in [-0.2, 0) is 6.54 Å². The van der Waals surface area contributed by atoms with Crippen molar-refractivity contribution < 1.29 is 18.6 Å². The topological polar surface area (TPSA) is 79.6 Å². The standard InChI is InChI=1S/C20H14ClF2N3O3/c1-29-18-13(21)4-3-12-11(8-24-17(12)18)7-16-19(27)26(20(28)25-16)9-10-2-5-14(22)15(23)6-10/h2-8,27H,9H2,1H3,(H,25,28)/b11-7+. The van der Waals surface area contributed by atoms with Crippen LogP contribution in [0.25, 0.3) is 11.6 Å². The molecule has 0 radical (unpaired) electrons. The van der Waals surface area contributed by atoms with Crippen molar-refractivity contribution in [1.29, 1.82) is 0 Å². The number of fused-ring (bicyclic) bond motifs is 1. The van der Waals surface area contributed by atoms with Crippen LogP contribution in [0.2, 0.25) is 5.02 Å². The van der Waals surface area contributed by atoms with Gasteiger partial charge in [0.1, 0.15) is 11.4 Å². The van der Waals surface area contributed by atoms with E-state index in [-0.39, 0.29) is 18.1 Å². The zero-order valence-electron chi connectivity index (χ0n) is 15.0. The summed E-state index contributed by atoms with van der Waals surface area (Å²) in [6.45, 7) is -0.129. The van der Waals surface area contributed by atoms with E-state index in [0.717, 1.165) is 22.3 Å². The molecule has 0 fully saturated rings. The van der Waals surface area contributed by atoms with E-state index in [2.05, 4.69) is 9.98 Å². The van der Waals surface area contributed by atoms with Gasteiger partial charge in [0.25, 0.3) is 0 Å². The van der Waals surface area contributed by atoms with Gasteiger partial charge in [0.05, 0.1) is 18.7 Å². The molecule has 0 saturated carbocycles. The van der Waals surface area contributed by atoms with E-state index in [1.807, 2.05) is 0 Å². The Labute approximate surface area is 168 Å². The molecule has 0 spiro atoms. The van der Waals surface area contributed by atoms with Crippen LogP contribution in [0.15, 0.2) is 40.1 Å². The molecule has 2 heterocycles. The third-order valence-electron chi connectivity index (χ3n) is 4.54. The van der Waals surface area contributed by atoms with E-state index < -0.39 is 17.3 Å². The van der Waals surface area contributed by atoms with Gasteiger partial charge >= 0.3 is 5.69 Å². The molecule has 29 heavy (non-hydrogen) atoms. The monoisotopic (exact) mass is 417 g/mol. The van der Waals surface area contributed by atoms with Gasteiger partial charge < -0.3 is 14.8 Å². The molecule has 1 aliphatic rings. The molecule has 0 unspecified atom stereocenters. The second kappa shape index (κ2) is 7.21. The molecule has 1 aliphatic heterocycles. The van der Waals surface area contributed by atoms with Crippen LogP contribution in [0.4, 0.5) is 14.5 Å². The van der Waals surface area contributed by atoms with Crippen molar-refractivity contribution in [1.82, 2.24) is 9.55 Å². The van der Waals surface area contributed by atoms with Crippen LogP contribution in [-0.4, -0.2) is 28.0 Å². The highest BCUT2D eigenvalue weighted by Crippen LogP contribution is 2.44. The minimum absolute atomic E-state index is 0.129. The van der Waals surface area contributed by atoms with Crippen molar-refractivity contribution in [3.8, 4) is 11.6 Å². The van der Waals surface area contributed by atoms with Crippen molar-refractivity contribution in [2.24, 2.45) is 4.99 Å². The van der Waals surface area contributed by atoms with Gasteiger partial charge in [0.2, 0.25) is 5.88 Å². The number of benzene rings is 2. The van der Waals surface area contributed by atoms with Gasteiger partial charge in [0, 0.05) is 17.4 Å². The van der Waals surface area contributed by atoms with Gasteiger partial charge in [-0.05, 0) is 29.8 Å². The number of aromatic hydroxyl groups is 1. The maximum absolute atomic E-state index is 13.4. The minimum atomic E-state index is -1.03. The van der Waals surface area contributed by atoms with Gasteiger partial charge in [-0.2, -0.15) is 0 Å². The second-order valence-corrected chi connectivity index (χ2v) is 6.74. The van der Waals surface area contributed by atoms with Crippen LogP contribution in [0, 0.1) is 11.6 Å². The maximum Gasteiger partial charge on any atom is 0.329 e. The molecule has 148 valence electrons. The number of allylic oxidation sites excluding steroid dienone is 1. The summed E-state index contributed by atoms with van der Waals surface area (Å²) in [6.07, 6.45) is 3.12. The number of ether oxygens (including phenoxy) is 1. The predicted octanol–water partition coefficient (Wildman–Crippen LogP) is 4.13. The fraction of sp³-hybridized carbons (Fsp3) is 0.100. The molecule has 4 rings (SSSR count). The predicted molar refractivity (Wildman–Crippen MR) is 106 cm³/mol. The lowest BCUT2D eigenvalue weighted by atomic mass is 10.1. The summed E-state index contributed by atoms with van der Waals surface area (Å²) in [5.74, 6) is -1.92. The first-order valence-corrected chi connectivity index (χ1v) is 8.85. The van der Waals surface area contributed by atoms with Crippen LogP contribution < -0.4 is 10.4 Å². The molecule has 1 aromatic heterocycles. The number of aliphatic imine (C=N–C) groups is 1. The molecular weight excluding hydrogens is 404 g/mol. The molecule has 2 aromatic carbocycles.